The summed E-state index contributed by atoms with van der Waals surface area (Å²) in [5.41, 5.74) is -0.543. The molecule has 0 spiro atoms. The molecule has 0 aliphatic heterocycles. The molecule has 0 saturated carbocycles. The normalized spacial score (nSPS) is 14.0. The minimum Gasteiger partial charge on any atom is -0.462 e. The number of rotatable bonds is 4. The van der Waals surface area contributed by atoms with E-state index < -0.39 is 16.4 Å². The van der Waals surface area contributed by atoms with E-state index in [0.29, 0.717) is 0 Å². The fourth-order valence-corrected chi connectivity index (χ4v) is 0.789. The molecule has 0 aromatic rings. The maximum atomic E-state index is 10.7. The summed E-state index contributed by atoms with van der Waals surface area (Å²) in [5.74, 6) is -0.389. The van der Waals surface area contributed by atoms with Gasteiger partial charge >= 0.3 is 5.97 Å². The van der Waals surface area contributed by atoms with Crippen LogP contribution in [0.2, 0.25) is 0 Å². The van der Waals surface area contributed by atoms with Crippen molar-refractivity contribution in [2.24, 2.45) is 5.41 Å². The summed E-state index contributed by atoms with van der Waals surface area (Å²) in [6.07, 6.45) is 1.89. The van der Waals surface area contributed by atoms with Crippen LogP contribution in [0, 0.1) is 15.5 Å². The predicted molar refractivity (Wildman–Crippen MR) is 51.1 cm³/mol. The SMILES string of the molecule is CC(=O)OC(C)C(C)(C)C=C[N+](=O)[O-]. The fourth-order valence-electron chi connectivity index (χ4n) is 0.789. The summed E-state index contributed by atoms with van der Waals surface area (Å²) in [7, 11) is 0. The zero-order chi connectivity index (χ0) is 11.4. The van der Waals surface area contributed by atoms with Crippen molar-refractivity contribution in [2.45, 2.75) is 33.8 Å². The molecule has 0 rings (SSSR count). The van der Waals surface area contributed by atoms with Crippen molar-refractivity contribution in [1.82, 2.24) is 0 Å². The molecule has 0 aromatic heterocycles. The lowest BCUT2D eigenvalue weighted by atomic mass is 9.87. The second kappa shape index (κ2) is 4.74. The number of hydrogen-bond acceptors (Lipinski definition) is 4. The van der Waals surface area contributed by atoms with E-state index in [1.165, 1.54) is 13.0 Å². The number of nitrogens with zero attached hydrogens (tertiary/aromatic N) is 1. The smallest absolute Gasteiger partial charge is 0.302 e. The van der Waals surface area contributed by atoms with Gasteiger partial charge in [0.05, 0.1) is 4.92 Å². The molecule has 1 atom stereocenters. The van der Waals surface area contributed by atoms with Crippen molar-refractivity contribution in [1.29, 1.82) is 0 Å². The van der Waals surface area contributed by atoms with Crippen LogP contribution < -0.4 is 0 Å². The van der Waals surface area contributed by atoms with Crippen molar-refractivity contribution < 1.29 is 14.5 Å². The van der Waals surface area contributed by atoms with E-state index in [9.17, 15) is 14.9 Å². The second-order valence-corrected chi connectivity index (χ2v) is 3.67. The van der Waals surface area contributed by atoms with E-state index in [2.05, 4.69) is 0 Å². The molecule has 0 heterocycles. The van der Waals surface area contributed by atoms with E-state index in [-0.39, 0.29) is 5.97 Å². The molecule has 0 aliphatic rings. The highest BCUT2D eigenvalue weighted by Crippen LogP contribution is 2.24. The molecule has 0 bridgehead atoms. The van der Waals surface area contributed by atoms with Gasteiger partial charge in [0, 0.05) is 12.3 Å². The Kier molecular flexibility index (Phi) is 4.27. The van der Waals surface area contributed by atoms with Crippen LogP contribution in [-0.2, 0) is 9.53 Å². The largest absolute Gasteiger partial charge is 0.462 e. The van der Waals surface area contributed by atoms with Gasteiger partial charge in [-0.15, -0.1) is 0 Å². The number of esters is 1. The van der Waals surface area contributed by atoms with Crippen molar-refractivity contribution >= 4 is 5.97 Å². The first-order valence-corrected chi connectivity index (χ1v) is 4.26. The molecule has 0 saturated heterocycles. The Balaban J connectivity index is 4.44. The third kappa shape index (κ3) is 4.59. The average molecular weight is 201 g/mol. The molecule has 80 valence electrons. The molecule has 0 aromatic carbocycles. The van der Waals surface area contributed by atoms with Crippen LogP contribution in [0.15, 0.2) is 12.3 Å². The molecular weight excluding hydrogens is 186 g/mol. The van der Waals surface area contributed by atoms with Gasteiger partial charge in [0.1, 0.15) is 6.10 Å². The Labute approximate surface area is 82.9 Å². The standard InChI is InChI=1S/C9H15NO4/c1-7(14-8(2)11)9(3,4)5-6-10(12)13/h5-7H,1-4H3. The summed E-state index contributed by atoms with van der Waals surface area (Å²) in [4.78, 5) is 20.2. The highest BCUT2D eigenvalue weighted by atomic mass is 16.6. The molecule has 1 unspecified atom stereocenters. The van der Waals surface area contributed by atoms with Crippen molar-refractivity contribution in [3.63, 3.8) is 0 Å². The number of carbonyl (C=O) groups is 1. The summed E-state index contributed by atoms with van der Waals surface area (Å²) < 4.78 is 4.93. The topological polar surface area (TPSA) is 69.4 Å². The van der Waals surface area contributed by atoms with Crippen LogP contribution >= 0.6 is 0 Å². The van der Waals surface area contributed by atoms with Gasteiger partial charge in [-0.05, 0) is 13.0 Å². The molecular formula is C9H15NO4. The molecule has 5 nitrogen and oxygen atoms in total. The van der Waals surface area contributed by atoms with Crippen LogP contribution in [0.1, 0.15) is 27.7 Å². The Hall–Kier alpha value is -1.39. The van der Waals surface area contributed by atoms with Gasteiger partial charge in [-0.1, -0.05) is 13.8 Å². The maximum absolute atomic E-state index is 10.7. The van der Waals surface area contributed by atoms with Gasteiger partial charge in [0.25, 0.3) is 0 Å². The number of hydrogen-bond donors (Lipinski definition) is 0. The van der Waals surface area contributed by atoms with Gasteiger partial charge in [0.2, 0.25) is 6.20 Å². The van der Waals surface area contributed by atoms with E-state index >= 15 is 0 Å². The third-order valence-electron chi connectivity index (χ3n) is 2.02. The number of nitro groups is 1. The highest BCUT2D eigenvalue weighted by Gasteiger charge is 2.26. The first-order valence-electron chi connectivity index (χ1n) is 4.26. The Morgan fingerprint density at radius 3 is 2.43 bits per heavy atom. The number of carbonyl (C=O) groups excluding carboxylic acids is 1. The first-order chi connectivity index (χ1) is 6.25. The Bertz CT molecular complexity index is 258. The van der Waals surface area contributed by atoms with Gasteiger partial charge in [-0.2, -0.15) is 0 Å². The van der Waals surface area contributed by atoms with Gasteiger partial charge in [0.15, 0.2) is 0 Å². The molecule has 5 heteroatoms. The predicted octanol–water partition coefficient (Wildman–Crippen LogP) is 1.75. The maximum Gasteiger partial charge on any atom is 0.302 e. The monoisotopic (exact) mass is 201 g/mol. The van der Waals surface area contributed by atoms with Crippen LogP contribution in [0.5, 0.6) is 0 Å². The lowest BCUT2D eigenvalue weighted by molar-refractivity contribution is -0.403. The Morgan fingerprint density at radius 2 is 2.07 bits per heavy atom. The minimum atomic E-state index is -0.543. The summed E-state index contributed by atoms with van der Waals surface area (Å²) in [6.45, 7) is 6.54. The van der Waals surface area contributed by atoms with E-state index in [1.54, 1.807) is 20.8 Å². The quantitative estimate of drug-likeness (QED) is 0.394. The van der Waals surface area contributed by atoms with Crippen LogP contribution in [0.3, 0.4) is 0 Å². The fraction of sp³-hybridized carbons (Fsp3) is 0.667. The van der Waals surface area contributed by atoms with E-state index in [1.807, 2.05) is 0 Å². The van der Waals surface area contributed by atoms with Crippen LogP contribution in [-0.4, -0.2) is 17.0 Å². The lowest BCUT2D eigenvalue weighted by Crippen LogP contribution is -2.29. The van der Waals surface area contributed by atoms with Crippen molar-refractivity contribution in [2.75, 3.05) is 0 Å². The highest BCUT2D eigenvalue weighted by molar-refractivity contribution is 5.66. The van der Waals surface area contributed by atoms with Crippen molar-refractivity contribution in [3.05, 3.63) is 22.4 Å². The van der Waals surface area contributed by atoms with Crippen molar-refractivity contribution in [3.8, 4) is 0 Å². The summed E-state index contributed by atoms with van der Waals surface area (Å²) >= 11 is 0. The van der Waals surface area contributed by atoms with E-state index in [4.69, 9.17) is 4.74 Å². The molecule has 14 heavy (non-hydrogen) atoms. The summed E-state index contributed by atoms with van der Waals surface area (Å²) in [6, 6.07) is 0. The van der Waals surface area contributed by atoms with Gasteiger partial charge in [-0.3, -0.25) is 14.9 Å². The van der Waals surface area contributed by atoms with Crippen LogP contribution in [0.25, 0.3) is 0 Å². The zero-order valence-electron chi connectivity index (χ0n) is 8.81. The zero-order valence-corrected chi connectivity index (χ0v) is 8.81. The lowest BCUT2D eigenvalue weighted by Gasteiger charge is -2.26. The van der Waals surface area contributed by atoms with Gasteiger partial charge < -0.3 is 4.74 Å². The molecule has 0 radical (unpaired) electrons. The Morgan fingerprint density at radius 1 is 1.57 bits per heavy atom. The summed E-state index contributed by atoms with van der Waals surface area (Å²) in [5, 5.41) is 10.1. The molecule has 0 amide bonds. The third-order valence-corrected chi connectivity index (χ3v) is 2.02. The van der Waals surface area contributed by atoms with Gasteiger partial charge in [-0.25, -0.2) is 0 Å². The van der Waals surface area contributed by atoms with Crippen LogP contribution in [0.4, 0.5) is 0 Å². The first kappa shape index (κ1) is 12.6. The minimum absolute atomic E-state index is 0.389. The molecule has 0 aliphatic carbocycles. The van der Waals surface area contributed by atoms with E-state index in [0.717, 1.165) is 6.20 Å². The molecule has 0 fully saturated rings. The number of ether oxygens (including phenoxy) is 1. The molecule has 0 N–H and O–H groups in total. The second-order valence-electron chi connectivity index (χ2n) is 3.67. The average Bonchev–Trinajstić information content (AvgIpc) is 1.99.